The highest BCUT2D eigenvalue weighted by atomic mass is 16.6. The second-order valence-electron chi connectivity index (χ2n) is 6.72. The number of carboxylic acid groups (broad SMARTS) is 1. The van der Waals surface area contributed by atoms with E-state index in [0.29, 0.717) is 12.5 Å². The SMILES string of the molecule is CC(C)(C)OC(=O)N1CC2CCC1CC2CC(=O)O. The van der Waals surface area contributed by atoms with Crippen LogP contribution in [0.4, 0.5) is 4.79 Å². The Labute approximate surface area is 113 Å². The predicted octanol–water partition coefficient (Wildman–Crippen LogP) is 2.50. The van der Waals surface area contributed by atoms with Crippen LogP contribution in [0, 0.1) is 11.8 Å². The van der Waals surface area contributed by atoms with Gasteiger partial charge in [-0.25, -0.2) is 4.79 Å². The number of nitrogens with zero attached hydrogens (tertiary/aromatic N) is 1. The summed E-state index contributed by atoms with van der Waals surface area (Å²) in [7, 11) is 0. The van der Waals surface area contributed by atoms with Crippen LogP contribution in [0.3, 0.4) is 0 Å². The van der Waals surface area contributed by atoms with Gasteiger partial charge in [-0.15, -0.1) is 0 Å². The summed E-state index contributed by atoms with van der Waals surface area (Å²) in [5, 5.41) is 8.92. The van der Waals surface area contributed by atoms with Crippen molar-refractivity contribution < 1.29 is 19.4 Å². The maximum Gasteiger partial charge on any atom is 0.410 e. The van der Waals surface area contributed by atoms with Crippen molar-refractivity contribution in [1.29, 1.82) is 0 Å². The van der Waals surface area contributed by atoms with Gasteiger partial charge in [0.25, 0.3) is 0 Å². The summed E-state index contributed by atoms with van der Waals surface area (Å²) < 4.78 is 5.42. The monoisotopic (exact) mass is 269 g/mol. The molecule has 2 aliphatic heterocycles. The van der Waals surface area contributed by atoms with Crippen molar-refractivity contribution in [2.75, 3.05) is 6.54 Å². The fourth-order valence-electron chi connectivity index (χ4n) is 3.25. The molecule has 0 aromatic rings. The second kappa shape index (κ2) is 5.02. The number of aliphatic carboxylic acids is 1. The Morgan fingerprint density at radius 3 is 2.47 bits per heavy atom. The Hall–Kier alpha value is -1.26. The number of amides is 1. The summed E-state index contributed by atoms with van der Waals surface area (Å²) in [5.41, 5.74) is -0.478. The summed E-state index contributed by atoms with van der Waals surface area (Å²) in [6.45, 7) is 6.23. The van der Waals surface area contributed by atoms with Gasteiger partial charge in [-0.3, -0.25) is 4.79 Å². The van der Waals surface area contributed by atoms with E-state index in [4.69, 9.17) is 9.84 Å². The molecule has 1 N–H and O–H groups in total. The topological polar surface area (TPSA) is 66.8 Å². The molecule has 5 nitrogen and oxygen atoms in total. The van der Waals surface area contributed by atoms with E-state index in [-0.39, 0.29) is 24.5 Å². The van der Waals surface area contributed by atoms with Gasteiger partial charge >= 0.3 is 12.1 Å². The number of carbonyl (C=O) groups is 2. The molecule has 3 aliphatic rings. The number of carboxylic acids is 1. The Bertz CT molecular complexity index is 374. The van der Waals surface area contributed by atoms with E-state index < -0.39 is 11.6 Å². The molecule has 19 heavy (non-hydrogen) atoms. The van der Waals surface area contributed by atoms with Crippen LogP contribution in [-0.4, -0.2) is 40.3 Å². The van der Waals surface area contributed by atoms with Crippen LogP contribution in [0.5, 0.6) is 0 Å². The van der Waals surface area contributed by atoms with E-state index in [2.05, 4.69) is 0 Å². The zero-order valence-corrected chi connectivity index (χ0v) is 11.9. The number of hydrogen-bond donors (Lipinski definition) is 1. The van der Waals surface area contributed by atoms with Gasteiger partial charge in [-0.2, -0.15) is 0 Å². The first-order valence-corrected chi connectivity index (χ1v) is 6.97. The summed E-state index contributed by atoms with van der Waals surface area (Å²) in [5.74, 6) is -0.204. The summed E-state index contributed by atoms with van der Waals surface area (Å²) in [6.07, 6.45) is 2.78. The van der Waals surface area contributed by atoms with E-state index in [1.165, 1.54) is 0 Å². The molecule has 2 bridgehead atoms. The van der Waals surface area contributed by atoms with E-state index in [9.17, 15) is 9.59 Å². The van der Waals surface area contributed by atoms with E-state index in [0.717, 1.165) is 19.3 Å². The molecule has 3 rings (SSSR count). The van der Waals surface area contributed by atoms with Crippen molar-refractivity contribution in [3.05, 3.63) is 0 Å². The van der Waals surface area contributed by atoms with Crippen molar-refractivity contribution in [1.82, 2.24) is 4.90 Å². The largest absolute Gasteiger partial charge is 0.481 e. The molecule has 108 valence electrons. The average Bonchev–Trinajstić information content (AvgIpc) is 2.26. The normalized spacial score (nSPS) is 30.3. The van der Waals surface area contributed by atoms with Crippen molar-refractivity contribution >= 4 is 12.1 Å². The lowest BCUT2D eigenvalue weighted by atomic mass is 9.71. The maximum absolute atomic E-state index is 12.1. The highest BCUT2D eigenvalue weighted by molar-refractivity contribution is 5.69. The molecule has 1 saturated carbocycles. The standard InChI is InChI=1S/C14H23NO4/c1-14(2,3)19-13(18)15-8-9-4-5-11(15)6-10(9)7-12(16)17/h9-11H,4-8H2,1-3H3,(H,16,17). The van der Waals surface area contributed by atoms with Crippen LogP contribution in [-0.2, 0) is 9.53 Å². The molecule has 2 heterocycles. The van der Waals surface area contributed by atoms with Crippen molar-refractivity contribution in [3.63, 3.8) is 0 Å². The Morgan fingerprint density at radius 1 is 1.32 bits per heavy atom. The summed E-state index contributed by atoms with van der Waals surface area (Å²) in [6, 6.07) is 0.157. The van der Waals surface area contributed by atoms with Crippen LogP contribution in [0.1, 0.15) is 46.5 Å². The third-order valence-electron chi connectivity index (χ3n) is 4.05. The van der Waals surface area contributed by atoms with Crippen LogP contribution in [0.15, 0.2) is 0 Å². The molecule has 5 heteroatoms. The first kappa shape index (κ1) is 14.2. The van der Waals surface area contributed by atoms with Crippen molar-refractivity contribution in [3.8, 4) is 0 Å². The van der Waals surface area contributed by atoms with Gasteiger partial charge < -0.3 is 14.7 Å². The first-order valence-electron chi connectivity index (χ1n) is 6.97. The zero-order valence-electron chi connectivity index (χ0n) is 11.9. The fraction of sp³-hybridized carbons (Fsp3) is 0.857. The quantitative estimate of drug-likeness (QED) is 0.836. The summed E-state index contributed by atoms with van der Waals surface area (Å²) >= 11 is 0. The lowest BCUT2D eigenvalue weighted by Gasteiger charge is -2.49. The van der Waals surface area contributed by atoms with Crippen molar-refractivity contribution in [2.24, 2.45) is 11.8 Å². The molecule has 1 amide bonds. The fourth-order valence-corrected chi connectivity index (χ4v) is 3.25. The van der Waals surface area contributed by atoms with Gasteiger partial charge in [0.15, 0.2) is 0 Å². The smallest absolute Gasteiger partial charge is 0.410 e. The van der Waals surface area contributed by atoms with Crippen LogP contribution in [0.25, 0.3) is 0 Å². The highest BCUT2D eigenvalue weighted by Crippen LogP contribution is 2.41. The van der Waals surface area contributed by atoms with Crippen LogP contribution in [0.2, 0.25) is 0 Å². The molecule has 0 aromatic carbocycles. The molecule has 3 atom stereocenters. The zero-order chi connectivity index (χ0) is 14.2. The number of fused-ring (bicyclic) bond motifs is 3. The van der Waals surface area contributed by atoms with Gasteiger partial charge in [-0.1, -0.05) is 0 Å². The van der Waals surface area contributed by atoms with Crippen LogP contribution >= 0.6 is 0 Å². The Morgan fingerprint density at radius 2 is 2.00 bits per heavy atom. The highest BCUT2D eigenvalue weighted by Gasteiger charge is 2.43. The molecule has 0 aromatic heterocycles. The minimum absolute atomic E-state index is 0.157. The lowest BCUT2D eigenvalue weighted by molar-refractivity contribution is -0.140. The first-order chi connectivity index (χ1) is 8.76. The molecule has 3 fully saturated rings. The molecular formula is C14H23NO4. The van der Waals surface area contributed by atoms with Crippen LogP contribution < -0.4 is 0 Å². The van der Waals surface area contributed by atoms with E-state index >= 15 is 0 Å². The predicted molar refractivity (Wildman–Crippen MR) is 69.8 cm³/mol. The van der Waals surface area contributed by atoms with Gasteiger partial charge in [0, 0.05) is 19.0 Å². The number of carbonyl (C=O) groups excluding carboxylic acids is 1. The van der Waals surface area contributed by atoms with Crippen molar-refractivity contribution in [2.45, 2.75) is 58.1 Å². The minimum atomic E-state index is -0.735. The minimum Gasteiger partial charge on any atom is -0.481 e. The number of rotatable bonds is 2. The molecular weight excluding hydrogens is 246 g/mol. The number of hydrogen-bond acceptors (Lipinski definition) is 3. The molecule has 0 radical (unpaired) electrons. The Balaban J connectivity index is 1.98. The lowest BCUT2D eigenvalue weighted by Crippen LogP contribution is -2.55. The number of ether oxygens (including phenoxy) is 1. The Kier molecular flexibility index (Phi) is 3.74. The van der Waals surface area contributed by atoms with Gasteiger partial charge in [0.05, 0.1) is 0 Å². The maximum atomic E-state index is 12.1. The molecule has 1 aliphatic carbocycles. The summed E-state index contributed by atoms with van der Waals surface area (Å²) in [4.78, 5) is 24.8. The average molecular weight is 269 g/mol. The van der Waals surface area contributed by atoms with Gasteiger partial charge in [0.2, 0.25) is 0 Å². The van der Waals surface area contributed by atoms with Gasteiger partial charge in [-0.05, 0) is 51.9 Å². The molecule has 2 saturated heterocycles. The van der Waals surface area contributed by atoms with E-state index in [1.54, 1.807) is 4.90 Å². The van der Waals surface area contributed by atoms with Gasteiger partial charge in [0.1, 0.15) is 5.60 Å². The third-order valence-corrected chi connectivity index (χ3v) is 4.05. The second-order valence-corrected chi connectivity index (χ2v) is 6.72. The molecule has 3 unspecified atom stereocenters. The molecule has 0 spiro atoms. The van der Waals surface area contributed by atoms with E-state index in [1.807, 2.05) is 20.8 Å². The third kappa shape index (κ3) is 3.39. The number of piperidine rings is 2.